The van der Waals surface area contributed by atoms with Crippen LogP contribution in [0.25, 0.3) is 0 Å². The zero-order valence-corrected chi connectivity index (χ0v) is 12.6. The zero-order valence-electron chi connectivity index (χ0n) is 12.6. The minimum atomic E-state index is 0.151. The maximum Gasteiger partial charge on any atom is 0.0195 e. The topological polar surface area (TPSA) is 12.0 Å². The van der Waals surface area contributed by atoms with E-state index >= 15 is 0 Å². The smallest absolute Gasteiger partial charge is 0.0195 e. The molecule has 0 rings (SSSR count). The molecular weight excluding hydrogens is 194 g/mol. The van der Waals surface area contributed by atoms with E-state index in [0.29, 0.717) is 10.8 Å². The van der Waals surface area contributed by atoms with Crippen molar-refractivity contribution in [1.29, 1.82) is 0 Å². The van der Waals surface area contributed by atoms with Crippen LogP contribution in [0.3, 0.4) is 0 Å². The van der Waals surface area contributed by atoms with Gasteiger partial charge in [0.1, 0.15) is 0 Å². The summed E-state index contributed by atoms with van der Waals surface area (Å²) in [6.45, 7) is 23.2. The first kappa shape index (κ1) is 15.5. The highest BCUT2D eigenvalue weighted by Gasteiger charge is 2.26. The van der Waals surface area contributed by atoms with Gasteiger partial charge in [-0.1, -0.05) is 62.0 Å². The second-order valence-electron chi connectivity index (χ2n) is 7.98. The lowest BCUT2D eigenvalue weighted by Crippen LogP contribution is -2.35. The van der Waals surface area contributed by atoms with Gasteiger partial charge in [-0.05, 0) is 17.3 Å². The predicted molar refractivity (Wildman–Crippen MR) is 74.5 cm³/mol. The van der Waals surface area contributed by atoms with Gasteiger partial charge in [0.2, 0.25) is 0 Å². The van der Waals surface area contributed by atoms with Crippen LogP contribution in [-0.4, -0.2) is 6.54 Å². The maximum absolute atomic E-state index is 4.11. The van der Waals surface area contributed by atoms with Crippen LogP contribution in [0.4, 0.5) is 0 Å². The lowest BCUT2D eigenvalue weighted by molar-refractivity contribution is 0.207. The first-order valence-corrected chi connectivity index (χ1v) is 6.27. The van der Waals surface area contributed by atoms with Gasteiger partial charge in [-0.2, -0.15) is 0 Å². The second kappa shape index (κ2) is 4.81. The van der Waals surface area contributed by atoms with Crippen LogP contribution >= 0.6 is 0 Å². The highest BCUT2D eigenvalue weighted by atomic mass is 14.9. The summed E-state index contributed by atoms with van der Waals surface area (Å²) in [6.07, 6.45) is 1.21. The van der Waals surface area contributed by atoms with Crippen molar-refractivity contribution >= 4 is 0 Å². The largest absolute Gasteiger partial charge is 0.388 e. The SMILES string of the molecule is C=C(NCC(C)(C)CC(C)(C)C)C(C)(C)C. The van der Waals surface area contributed by atoms with E-state index in [9.17, 15) is 0 Å². The second-order valence-corrected chi connectivity index (χ2v) is 7.98. The van der Waals surface area contributed by atoms with Gasteiger partial charge >= 0.3 is 0 Å². The van der Waals surface area contributed by atoms with E-state index in [2.05, 4.69) is 67.3 Å². The summed E-state index contributed by atoms with van der Waals surface area (Å²) >= 11 is 0. The van der Waals surface area contributed by atoms with Crippen molar-refractivity contribution in [2.24, 2.45) is 16.2 Å². The molecular formula is C15H31N. The van der Waals surface area contributed by atoms with E-state index in [-0.39, 0.29) is 5.41 Å². The summed E-state index contributed by atoms with van der Waals surface area (Å²) < 4.78 is 0. The highest BCUT2D eigenvalue weighted by molar-refractivity contribution is 5.03. The van der Waals surface area contributed by atoms with E-state index in [1.165, 1.54) is 6.42 Å². The fourth-order valence-corrected chi connectivity index (χ4v) is 2.11. The van der Waals surface area contributed by atoms with E-state index < -0.39 is 0 Å². The molecule has 0 fully saturated rings. The molecule has 1 heteroatoms. The average Bonchev–Trinajstić information content (AvgIpc) is 1.93. The third kappa shape index (κ3) is 6.92. The quantitative estimate of drug-likeness (QED) is 0.737. The number of rotatable bonds is 4. The summed E-state index contributed by atoms with van der Waals surface area (Å²) in [5, 5.41) is 3.49. The van der Waals surface area contributed by atoms with Crippen LogP contribution in [0.5, 0.6) is 0 Å². The van der Waals surface area contributed by atoms with Crippen LogP contribution in [-0.2, 0) is 0 Å². The van der Waals surface area contributed by atoms with Crippen molar-refractivity contribution in [3.63, 3.8) is 0 Å². The maximum atomic E-state index is 4.11. The van der Waals surface area contributed by atoms with E-state index in [4.69, 9.17) is 0 Å². The molecule has 16 heavy (non-hydrogen) atoms. The Hall–Kier alpha value is -0.460. The minimum Gasteiger partial charge on any atom is -0.388 e. The van der Waals surface area contributed by atoms with Gasteiger partial charge in [0.25, 0.3) is 0 Å². The number of allylic oxidation sites excluding steroid dienone is 1. The zero-order chi connectivity index (χ0) is 13.2. The van der Waals surface area contributed by atoms with Crippen molar-refractivity contribution < 1.29 is 0 Å². The van der Waals surface area contributed by atoms with Gasteiger partial charge in [0.15, 0.2) is 0 Å². The van der Waals surface area contributed by atoms with Gasteiger partial charge < -0.3 is 5.32 Å². The molecule has 0 aromatic heterocycles. The van der Waals surface area contributed by atoms with E-state index in [1.54, 1.807) is 0 Å². The average molecular weight is 225 g/mol. The molecule has 0 unspecified atom stereocenters. The Balaban J connectivity index is 4.25. The highest BCUT2D eigenvalue weighted by Crippen LogP contribution is 2.33. The lowest BCUT2D eigenvalue weighted by atomic mass is 9.76. The molecule has 0 saturated carbocycles. The Morgan fingerprint density at radius 2 is 1.38 bits per heavy atom. The van der Waals surface area contributed by atoms with Gasteiger partial charge in [-0.3, -0.25) is 0 Å². The first-order valence-electron chi connectivity index (χ1n) is 6.27. The molecule has 0 bridgehead atoms. The van der Waals surface area contributed by atoms with Crippen LogP contribution in [0.1, 0.15) is 61.8 Å². The monoisotopic (exact) mass is 225 g/mol. The Bertz CT molecular complexity index is 235. The molecule has 0 spiro atoms. The molecule has 0 amide bonds. The summed E-state index contributed by atoms with van der Waals surface area (Å²) in [5.41, 5.74) is 1.98. The van der Waals surface area contributed by atoms with Gasteiger partial charge in [-0.15, -0.1) is 0 Å². The molecule has 0 aromatic rings. The van der Waals surface area contributed by atoms with E-state index in [1.807, 2.05) is 0 Å². The van der Waals surface area contributed by atoms with Crippen molar-refractivity contribution in [2.75, 3.05) is 6.54 Å². The Morgan fingerprint density at radius 3 is 1.69 bits per heavy atom. The summed E-state index contributed by atoms with van der Waals surface area (Å²) in [5.74, 6) is 0. The van der Waals surface area contributed by atoms with E-state index in [0.717, 1.165) is 12.2 Å². The molecule has 0 saturated heterocycles. The van der Waals surface area contributed by atoms with Crippen molar-refractivity contribution in [3.05, 3.63) is 12.3 Å². The van der Waals surface area contributed by atoms with Crippen LogP contribution < -0.4 is 5.32 Å². The third-order valence-corrected chi connectivity index (χ3v) is 2.69. The third-order valence-electron chi connectivity index (χ3n) is 2.69. The Morgan fingerprint density at radius 1 is 0.938 bits per heavy atom. The van der Waals surface area contributed by atoms with Crippen LogP contribution in [0.15, 0.2) is 12.3 Å². The predicted octanol–water partition coefficient (Wildman–Crippen LogP) is 4.60. The van der Waals surface area contributed by atoms with Crippen molar-refractivity contribution in [3.8, 4) is 0 Å². The first-order chi connectivity index (χ1) is 6.83. The molecule has 1 N–H and O–H groups in total. The molecule has 1 nitrogen and oxygen atoms in total. The van der Waals surface area contributed by atoms with Gasteiger partial charge in [0, 0.05) is 17.7 Å². The minimum absolute atomic E-state index is 0.151. The Labute approximate surface area is 103 Å². The van der Waals surface area contributed by atoms with Crippen LogP contribution in [0.2, 0.25) is 0 Å². The molecule has 0 radical (unpaired) electrons. The molecule has 0 aliphatic rings. The van der Waals surface area contributed by atoms with Crippen molar-refractivity contribution in [2.45, 2.75) is 61.8 Å². The molecule has 0 aliphatic heterocycles. The summed E-state index contributed by atoms with van der Waals surface area (Å²) in [7, 11) is 0. The molecule has 0 atom stereocenters. The number of hydrogen-bond donors (Lipinski definition) is 1. The lowest BCUT2D eigenvalue weighted by Gasteiger charge is -2.34. The number of nitrogens with one attached hydrogen (secondary N) is 1. The fourth-order valence-electron chi connectivity index (χ4n) is 2.11. The molecule has 0 heterocycles. The van der Waals surface area contributed by atoms with Gasteiger partial charge in [-0.25, -0.2) is 0 Å². The fraction of sp³-hybridized carbons (Fsp3) is 0.867. The molecule has 0 aromatic carbocycles. The normalized spacial score (nSPS) is 13.8. The van der Waals surface area contributed by atoms with Crippen LogP contribution in [0, 0.1) is 16.2 Å². The van der Waals surface area contributed by atoms with Gasteiger partial charge in [0.05, 0.1) is 0 Å². The summed E-state index contributed by atoms with van der Waals surface area (Å²) in [4.78, 5) is 0. The number of hydrogen-bond acceptors (Lipinski definition) is 1. The Kier molecular flexibility index (Phi) is 4.67. The summed E-state index contributed by atoms with van der Waals surface area (Å²) in [6, 6.07) is 0. The van der Waals surface area contributed by atoms with Crippen molar-refractivity contribution in [1.82, 2.24) is 5.32 Å². The standard InChI is InChI=1S/C15H31N/c1-12(14(5,6)7)16-11-15(8,9)10-13(2,3)4/h16H,1,10-11H2,2-9H3. The molecule has 0 aliphatic carbocycles. The molecule has 96 valence electrons.